The quantitative estimate of drug-likeness (QED) is 0.776. The van der Waals surface area contributed by atoms with E-state index in [1.807, 2.05) is 0 Å². The lowest BCUT2D eigenvalue weighted by Crippen LogP contribution is -2.21. The van der Waals surface area contributed by atoms with Crippen molar-refractivity contribution in [1.82, 2.24) is 10.3 Å². The third-order valence-electron chi connectivity index (χ3n) is 1.59. The standard InChI is InChI=1S/C9H16N2S/c1-4-9-11-8(6-12-9)5-10-7(2)3/h6-7,10H,4-5H2,1-3H3. The van der Waals surface area contributed by atoms with Crippen LogP contribution < -0.4 is 5.32 Å². The van der Waals surface area contributed by atoms with Gasteiger partial charge in [-0.25, -0.2) is 4.98 Å². The zero-order valence-corrected chi connectivity index (χ0v) is 8.74. The highest BCUT2D eigenvalue weighted by Crippen LogP contribution is 2.09. The number of hydrogen-bond donors (Lipinski definition) is 1. The molecule has 0 saturated heterocycles. The first-order chi connectivity index (χ1) is 5.72. The van der Waals surface area contributed by atoms with Gasteiger partial charge in [-0.3, -0.25) is 0 Å². The molecule has 0 saturated carbocycles. The van der Waals surface area contributed by atoms with Crippen molar-refractivity contribution in [2.45, 2.75) is 39.8 Å². The van der Waals surface area contributed by atoms with Gasteiger partial charge in [0.2, 0.25) is 0 Å². The molecule has 1 aromatic heterocycles. The summed E-state index contributed by atoms with van der Waals surface area (Å²) < 4.78 is 0. The van der Waals surface area contributed by atoms with Crippen LogP contribution in [0.25, 0.3) is 0 Å². The second-order valence-corrected chi connectivity index (χ2v) is 4.06. The Bertz CT molecular complexity index is 230. The molecular weight excluding hydrogens is 168 g/mol. The lowest BCUT2D eigenvalue weighted by Gasteiger charge is -2.04. The number of aryl methyl sites for hydroxylation is 1. The summed E-state index contributed by atoms with van der Waals surface area (Å²) in [5, 5.41) is 6.71. The summed E-state index contributed by atoms with van der Waals surface area (Å²) in [6, 6.07) is 0.539. The van der Waals surface area contributed by atoms with E-state index >= 15 is 0 Å². The number of thiazole rings is 1. The van der Waals surface area contributed by atoms with Crippen molar-refractivity contribution in [2.24, 2.45) is 0 Å². The lowest BCUT2D eigenvalue weighted by atomic mass is 10.4. The highest BCUT2D eigenvalue weighted by molar-refractivity contribution is 7.09. The maximum absolute atomic E-state index is 4.46. The summed E-state index contributed by atoms with van der Waals surface area (Å²) in [6.45, 7) is 7.33. The van der Waals surface area contributed by atoms with E-state index in [2.05, 4.69) is 36.5 Å². The highest BCUT2D eigenvalue weighted by Gasteiger charge is 1.99. The van der Waals surface area contributed by atoms with Gasteiger partial charge < -0.3 is 5.32 Å². The Kier molecular flexibility index (Phi) is 3.69. The number of rotatable bonds is 4. The Labute approximate surface area is 78.0 Å². The molecule has 0 spiro atoms. The van der Waals surface area contributed by atoms with Crippen LogP contribution >= 0.6 is 11.3 Å². The monoisotopic (exact) mass is 184 g/mol. The second-order valence-electron chi connectivity index (χ2n) is 3.12. The zero-order valence-electron chi connectivity index (χ0n) is 7.92. The molecule has 1 aromatic rings. The van der Waals surface area contributed by atoms with E-state index < -0.39 is 0 Å². The van der Waals surface area contributed by atoms with Crippen LogP contribution in [0.4, 0.5) is 0 Å². The van der Waals surface area contributed by atoms with Gasteiger partial charge in [0.05, 0.1) is 10.7 Å². The lowest BCUT2D eigenvalue weighted by molar-refractivity contribution is 0.582. The van der Waals surface area contributed by atoms with Crippen molar-refractivity contribution in [3.63, 3.8) is 0 Å². The first-order valence-electron chi connectivity index (χ1n) is 4.39. The normalized spacial score (nSPS) is 11.0. The van der Waals surface area contributed by atoms with Gasteiger partial charge in [0.15, 0.2) is 0 Å². The molecule has 2 nitrogen and oxygen atoms in total. The van der Waals surface area contributed by atoms with E-state index in [-0.39, 0.29) is 0 Å². The molecule has 0 aliphatic heterocycles. The fourth-order valence-corrected chi connectivity index (χ4v) is 1.65. The molecule has 0 aliphatic carbocycles. The molecule has 1 rings (SSSR count). The van der Waals surface area contributed by atoms with Gasteiger partial charge in [-0.15, -0.1) is 11.3 Å². The first-order valence-corrected chi connectivity index (χ1v) is 5.27. The minimum absolute atomic E-state index is 0.539. The van der Waals surface area contributed by atoms with Crippen LogP contribution in [0.1, 0.15) is 31.5 Å². The van der Waals surface area contributed by atoms with Crippen LogP contribution in [-0.2, 0) is 13.0 Å². The van der Waals surface area contributed by atoms with Gasteiger partial charge in [0.25, 0.3) is 0 Å². The minimum Gasteiger partial charge on any atom is -0.309 e. The molecule has 0 amide bonds. The van der Waals surface area contributed by atoms with Crippen molar-refractivity contribution in [3.8, 4) is 0 Å². The molecular formula is C9H16N2S. The fourth-order valence-electron chi connectivity index (χ4n) is 0.901. The summed E-state index contributed by atoms with van der Waals surface area (Å²) in [7, 11) is 0. The fraction of sp³-hybridized carbons (Fsp3) is 0.667. The van der Waals surface area contributed by atoms with E-state index in [1.54, 1.807) is 11.3 Å². The number of hydrogen-bond acceptors (Lipinski definition) is 3. The predicted octanol–water partition coefficient (Wildman–Crippen LogP) is 2.20. The molecule has 68 valence electrons. The average molecular weight is 184 g/mol. The van der Waals surface area contributed by atoms with Crippen molar-refractivity contribution < 1.29 is 0 Å². The van der Waals surface area contributed by atoms with Crippen molar-refractivity contribution in [2.75, 3.05) is 0 Å². The van der Waals surface area contributed by atoms with Crippen LogP contribution in [0.15, 0.2) is 5.38 Å². The summed E-state index contributed by atoms with van der Waals surface area (Å²) in [5.41, 5.74) is 1.17. The predicted molar refractivity (Wildman–Crippen MR) is 53.5 cm³/mol. The van der Waals surface area contributed by atoms with Gasteiger partial charge >= 0.3 is 0 Å². The van der Waals surface area contributed by atoms with Crippen molar-refractivity contribution in [1.29, 1.82) is 0 Å². The van der Waals surface area contributed by atoms with E-state index in [4.69, 9.17) is 0 Å². The maximum atomic E-state index is 4.46. The molecule has 12 heavy (non-hydrogen) atoms. The SMILES string of the molecule is CCc1nc(CNC(C)C)cs1. The Balaban J connectivity index is 2.41. The Morgan fingerprint density at radius 1 is 1.58 bits per heavy atom. The second kappa shape index (κ2) is 4.58. The van der Waals surface area contributed by atoms with E-state index in [0.717, 1.165) is 13.0 Å². The van der Waals surface area contributed by atoms with Gasteiger partial charge in [0.1, 0.15) is 0 Å². The number of nitrogens with zero attached hydrogens (tertiary/aromatic N) is 1. The van der Waals surface area contributed by atoms with Crippen LogP contribution in [0.3, 0.4) is 0 Å². The minimum atomic E-state index is 0.539. The largest absolute Gasteiger partial charge is 0.309 e. The van der Waals surface area contributed by atoms with Crippen LogP contribution in [0.5, 0.6) is 0 Å². The topological polar surface area (TPSA) is 24.9 Å². The zero-order chi connectivity index (χ0) is 8.97. The molecule has 0 aliphatic rings. The molecule has 1 N–H and O–H groups in total. The van der Waals surface area contributed by atoms with Crippen molar-refractivity contribution in [3.05, 3.63) is 16.1 Å². The Morgan fingerprint density at radius 3 is 2.83 bits per heavy atom. The van der Waals surface area contributed by atoms with Gasteiger partial charge in [-0.05, 0) is 6.42 Å². The molecule has 1 heterocycles. The summed E-state index contributed by atoms with van der Waals surface area (Å²) in [5.74, 6) is 0. The van der Waals surface area contributed by atoms with E-state index in [0.29, 0.717) is 6.04 Å². The molecule has 0 bridgehead atoms. The average Bonchev–Trinajstić information content (AvgIpc) is 2.48. The van der Waals surface area contributed by atoms with Crippen LogP contribution in [0.2, 0.25) is 0 Å². The molecule has 0 unspecified atom stereocenters. The highest BCUT2D eigenvalue weighted by atomic mass is 32.1. The van der Waals surface area contributed by atoms with E-state index in [9.17, 15) is 0 Å². The van der Waals surface area contributed by atoms with Crippen molar-refractivity contribution >= 4 is 11.3 Å². The summed E-state index contributed by atoms with van der Waals surface area (Å²) in [4.78, 5) is 4.46. The molecule has 0 atom stereocenters. The molecule has 3 heteroatoms. The van der Waals surface area contributed by atoms with Crippen LogP contribution in [0, 0.1) is 0 Å². The Hall–Kier alpha value is -0.410. The first kappa shape index (κ1) is 9.68. The van der Waals surface area contributed by atoms with Gasteiger partial charge in [-0.1, -0.05) is 20.8 Å². The molecule has 0 aromatic carbocycles. The third kappa shape index (κ3) is 2.91. The maximum Gasteiger partial charge on any atom is 0.0926 e. The molecule has 0 radical (unpaired) electrons. The summed E-state index contributed by atoms with van der Waals surface area (Å²) in [6.07, 6.45) is 1.05. The van der Waals surface area contributed by atoms with Crippen LogP contribution in [-0.4, -0.2) is 11.0 Å². The number of nitrogens with one attached hydrogen (secondary N) is 1. The third-order valence-corrected chi connectivity index (χ3v) is 2.64. The van der Waals surface area contributed by atoms with Gasteiger partial charge in [0, 0.05) is 18.0 Å². The van der Waals surface area contributed by atoms with E-state index in [1.165, 1.54) is 10.7 Å². The smallest absolute Gasteiger partial charge is 0.0926 e. The number of aromatic nitrogens is 1. The van der Waals surface area contributed by atoms with Gasteiger partial charge in [-0.2, -0.15) is 0 Å². The Morgan fingerprint density at radius 2 is 2.33 bits per heavy atom. The summed E-state index contributed by atoms with van der Waals surface area (Å²) >= 11 is 1.75. The molecule has 0 fully saturated rings.